The number of nitrogens with zero attached hydrogens (tertiary/aromatic N) is 4. The highest BCUT2D eigenvalue weighted by Crippen LogP contribution is 2.55. The van der Waals surface area contributed by atoms with Gasteiger partial charge in [-0.1, -0.05) is 123 Å². The minimum Gasteiger partial charge on any atom is -0.456 e. The number of benzene rings is 12. The molecule has 0 N–H and O–H groups in total. The molecule has 0 saturated heterocycles. The quantitative estimate of drug-likeness (QED) is 0.161. The van der Waals surface area contributed by atoms with E-state index in [2.05, 4.69) is 238 Å². The summed E-state index contributed by atoms with van der Waals surface area (Å²) in [5.41, 5.74) is 24.6. The van der Waals surface area contributed by atoms with Gasteiger partial charge in [-0.2, -0.15) is 0 Å². The second kappa shape index (κ2) is 12.8. The van der Waals surface area contributed by atoms with Crippen LogP contribution in [0.5, 0.6) is 0 Å². The van der Waals surface area contributed by atoms with Gasteiger partial charge < -0.3 is 22.0 Å². The summed E-state index contributed by atoms with van der Waals surface area (Å²) in [4.78, 5) is 0. The highest BCUT2D eigenvalue weighted by Gasteiger charge is 2.38. The van der Waals surface area contributed by atoms with Crippen LogP contribution in [-0.4, -0.2) is 17.6 Å². The number of furan rings is 1. The molecule has 9 aromatic heterocycles. The van der Waals surface area contributed by atoms with Crippen molar-refractivity contribution in [3.63, 3.8) is 0 Å². The Hall–Kier alpha value is -10.4. The van der Waals surface area contributed by atoms with Crippen LogP contribution < -0.4 is 0 Å². The highest BCUT2D eigenvalue weighted by molar-refractivity contribution is 6.31. The normalized spacial score (nSPS) is 14.2. The Labute approximate surface area is 452 Å². The zero-order chi connectivity index (χ0) is 51.5. The van der Waals surface area contributed by atoms with Crippen molar-refractivity contribution in [3.05, 3.63) is 217 Å². The van der Waals surface area contributed by atoms with Crippen molar-refractivity contribution in [3.8, 4) is 22.3 Å². The van der Waals surface area contributed by atoms with Gasteiger partial charge in [-0.3, -0.25) is 0 Å². The Morgan fingerprint density at radius 1 is 0.250 bits per heavy atom. The van der Waals surface area contributed by atoms with E-state index < -0.39 is 0 Å². The van der Waals surface area contributed by atoms with E-state index in [1.54, 1.807) is 0 Å². The van der Waals surface area contributed by atoms with Gasteiger partial charge in [0.2, 0.25) is 0 Å². The SMILES string of the molecule is CC1(C)c2cc3c4cccc5c6ccccc6n(c3cc2-c2cc3c(cc21)c1cc(-c2cc6c7ccccc7n7c8cc9c(cc8c(c2)c67)oc2cc6c7cccc8c%10ccccc%10n(c6cc29)c87)cc2c6ccccc6n3c21)c54. The van der Waals surface area contributed by atoms with E-state index in [-0.39, 0.29) is 5.41 Å². The average molecular weight is 1010 g/mol. The third-order valence-electron chi connectivity index (χ3n) is 20.0. The molecular weight excluding hydrogens is 973 g/mol. The monoisotopic (exact) mass is 1010 g/mol. The predicted molar refractivity (Wildman–Crippen MR) is 335 cm³/mol. The lowest BCUT2D eigenvalue weighted by Gasteiger charge is -2.21. The van der Waals surface area contributed by atoms with Crippen LogP contribution in [0, 0.1) is 0 Å². The number of hydrogen-bond acceptors (Lipinski definition) is 1. The summed E-state index contributed by atoms with van der Waals surface area (Å²) in [5.74, 6) is 0. The third kappa shape index (κ3) is 4.26. The molecule has 5 nitrogen and oxygen atoms in total. The van der Waals surface area contributed by atoms with Crippen molar-refractivity contribution in [1.82, 2.24) is 17.6 Å². The van der Waals surface area contributed by atoms with E-state index in [1.165, 1.54) is 186 Å². The number of fused-ring (bicyclic) bond motifs is 30. The molecule has 0 spiro atoms. The fourth-order valence-corrected chi connectivity index (χ4v) is 16.7. The molecule has 0 unspecified atom stereocenters. The Balaban J connectivity index is 0.791. The van der Waals surface area contributed by atoms with Crippen LogP contribution in [0.2, 0.25) is 0 Å². The smallest absolute Gasteiger partial charge is 0.136 e. The second-order valence-electron chi connectivity index (χ2n) is 23.9. The van der Waals surface area contributed by atoms with Gasteiger partial charge in [-0.15, -0.1) is 0 Å². The van der Waals surface area contributed by atoms with Gasteiger partial charge in [0, 0.05) is 102 Å². The molecule has 12 aromatic carbocycles. The van der Waals surface area contributed by atoms with Crippen LogP contribution in [0.25, 0.3) is 197 Å². The topological polar surface area (TPSA) is 30.8 Å². The maximum Gasteiger partial charge on any atom is 0.136 e. The van der Waals surface area contributed by atoms with Crippen LogP contribution in [0.15, 0.2) is 211 Å². The summed E-state index contributed by atoms with van der Waals surface area (Å²) in [6, 6.07) is 78.8. The zero-order valence-electron chi connectivity index (χ0n) is 43.3. The Morgan fingerprint density at radius 2 is 0.550 bits per heavy atom. The van der Waals surface area contributed by atoms with E-state index in [0.29, 0.717) is 0 Å². The maximum absolute atomic E-state index is 6.99. The molecule has 21 aromatic rings. The van der Waals surface area contributed by atoms with Gasteiger partial charge in [0.15, 0.2) is 0 Å². The molecule has 80 heavy (non-hydrogen) atoms. The summed E-state index contributed by atoms with van der Waals surface area (Å²) < 4.78 is 17.1. The molecule has 5 heteroatoms. The Morgan fingerprint density at radius 3 is 0.975 bits per heavy atom. The lowest BCUT2D eigenvalue weighted by atomic mass is 9.81. The molecule has 0 atom stereocenters. The van der Waals surface area contributed by atoms with Gasteiger partial charge in [-0.05, 0) is 130 Å². The Kier molecular flexibility index (Phi) is 6.39. The van der Waals surface area contributed by atoms with E-state index in [1.807, 2.05) is 0 Å². The first-order valence-corrected chi connectivity index (χ1v) is 28.1. The largest absolute Gasteiger partial charge is 0.456 e. The van der Waals surface area contributed by atoms with E-state index in [0.717, 1.165) is 21.9 Å². The van der Waals surface area contributed by atoms with E-state index in [9.17, 15) is 0 Å². The van der Waals surface area contributed by atoms with Crippen molar-refractivity contribution in [2.45, 2.75) is 19.3 Å². The van der Waals surface area contributed by atoms with Crippen molar-refractivity contribution < 1.29 is 4.42 Å². The molecule has 1 aliphatic carbocycles. The number of hydrogen-bond donors (Lipinski definition) is 0. The van der Waals surface area contributed by atoms with Crippen LogP contribution in [-0.2, 0) is 5.41 Å². The highest BCUT2D eigenvalue weighted by atomic mass is 16.3. The van der Waals surface area contributed by atoms with Crippen molar-refractivity contribution >= 4 is 174 Å². The van der Waals surface area contributed by atoms with Crippen LogP contribution in [0.3, 0.4) is 0 Å². The van der Waals surface area contributed by atoms with Gasteiger partial charge in [0.1, 0.15) is 11.2 Å². The Bertz CT molecular complexity index is 6490. The lowest BCUT2D eigenvalue weighted by molar-refractivity contribution is 0.662. The third-order valence-corrected chi connectivity index (χ3v) is 20.0. The van der Waals surface area contributed by atoms with Crippen molar-refractivity contribution in [2.75, 3.05) is 0 Å². The summed E-state index contributed by atoms with van der Waals surface area (Å²) >= 11 is 0. The molecule has 0 amide bonds. The summed E-state index contributed by atoms with van der Waals surface area (Å²) in [7, 11) is 0. The fourth-order valence-electron chi connectivity index (χ4n) is 16.7. The van der Waals surface area contributed by atoms with E-state index >= 15 is 0 Å². The fraction of sp³-hybridized carbons (Fsp3) is 0.0400. The minimum absolute atomic E-state index is 0.213. The van der Waals surface area contributed by atoms with Crippen molar-refractivity contribution in [2.24, 2.45) is 0 Å². The van der Waals surface area contributed by atoms with E-state index in [4.69, 9.17) is 4.42 Å². The minimum atomic E-state index is -0.213. The molecule has 0 bridgehead atoms. The molecule has 22 rings (SSSR count). The molecule has 366 valence electrons. The summed E-state index contributed by atoms with van der Waals surface area (Å²) in [5, 5.41) is 22.8. The summed E-state index contributed by atoms with van der Waals surface area (Å²) in [6.07, 6.45) is 0. The van der Waals surface area contributed by atoms with Crippen LogP contribution in [0.4, 0.5) is 0 Å². The van der Waals surface area contributed by atoms with Crippen LogP contribution >= 0.6 is 0 Å². The zero-order valence-corrected chi connectivity index (χ0v) is 43.3. The van der Waals surface area contributed by atoms with Gasteiger partial charge in [0.05, 0.1) is 66.2 Å². The first-order chi connectivity index (χ1) is 39.4. The van der Waals surface area contributed by atoms with Gasteiger partial charge >= 0.3 is 0 Å². The molecule has 1 aliphatic rings. The molecule has 9 heterocycles. The number of para-hydroxylation sites is 6. The molecule has 0 radical (unpaired) electrons. The first-order valence-electron chi connectivity index (χ1n) is 28.1. The average Bonchev–Trinajstić information content (AvgIpc) is 3.43. The summed E-state index contributed by atoms with van der Waals surface area (Å²) in [6.45, 7) is 4.88. The molecule has 0 fully saturated rings. The standard InChI is InChI=1S/C75H40N4O/c1-75(2)59-29-49-45-19-11-17-43-39-13-3-7-21-61(39)76(71(43)45)65(49)31-47(59)48-32-66-50(30-60(48)75)57-27-37(25-55-41-15-5-9-23-63(41)78(66)73(55)57)38-26-56-42-16-6-10-24-64(42)79-68-34-54-53-33-67-51(35-69(53)80-70(54)36-52(68)58(28-38)74(56)79)46-20-12-18-44-40-14-4-8-22-62(40)77(67)72(44)46/h3-36H,1-2H3. The molecule has 0 aliphatic heterocycles. The van der Waals surface area contributed by atoms with Gasteiger partial charge in [0.25, 0.3) is 0 Å². The molecule has 0 saturated carbocycles. The first kappa shape index (κ1) is 39.9. The van der Waals surface area contributed by atoms with Crippen LogP contribution in [0.1, 0.15) is 25.0 Å². The van der Waals surface area contributed by atoms with Crippen molar-refractivity contribution in [1.29, 1.82) is 0 Å². The number of aromatic nitrogens is 4. The predicted octanol–water partition coefficient (Wildman–Crippen LogP) is 20.2. The lowest BCUT2D eigenvalue weighted by Crippen LogP contribution is -2.14. The number of rotatable bonds is 1. The second-order valence-corrected chi connectivity index (χ2v) is 23.9. The van der Waals surface area contributed by atoms with Gasteiger partial charge in [-0.25, -0.2) is 0 Å². The molecular formula is C75H40N4O. The maximum atomic E-state index is 6.99.